The molecule has 0 bridgehead atoms. The van der Waals surface area contributed by atoms with Crippen molar-refractivity contribution < 1.29 is 14.3 Å². The molecule has 130 valence electrons. The van der Waals surface area contributed by atoms with Crippen LogP contribution in [0.25, 0.3) is 0 Å². The fraction of sp³-hybridized carbons (Fsp3) is 0.375. The summed E-state index contributed by atoms with van der Waals surface area (Å²) in [5, 5.41) is 3.56. The number of nitrogens with two attached hydrogens (primary N) is 2. The molecule has 1 fully saturated rings. The van der Waals surface area contributed by atoms with Crippen LogP contribution in [-0.2, 0) is 9.53 Å². The average Bonchev–Trinajstić information content (AvgIpc) is 2.57. The van der Waals surface area contributed by atoms with Crippen LogP contribution in [0, 0.1) is 0 Å². The van der Waals surface area contributed by atoms with Gasteiger partial charge in [0.2, 0.25) is 0 Å². The molecular formula is C16H21ClN4O3. The smallest absolute Gasteiger partial charge is 0.253 e. The molecule has 8 heteroatoms. The Kier molecular flexibility index (Phi) is 6.45. The van der Waals surface area contributed by atoms with E-state index in [4.69, 9.17) is 32.5 Å². The van der Waals surface area contributed by atoms with Gasteiger partial charge in [-0.05, 0) is 25.0 Å². The lowest BCUT2D eigenvalue weighted by molar-refractivity contribution is -0.114. The third kappa shape index (κ3) is 4.87. The minimum atomic E-state index is -0.665. The van der Waals surface area contributed by atoms with Gasteiger partial charge in [-0.1, -0.05) is 11.6 Å². The van der Waals surface area contributed by atoms with E-state index in [0.29, 0.717) is 23.1 Å². The summed E-state index contributed by atoms with van der Waals surface area (Å²) in [4.78, 5) is 15.9. The van der Waals surface area contributed by atoms with Crippen molar-refractivity contribution >= 4 is 29.0 Å². The Morgan fingerprint density at radius 2 is 2.29 bits per heavy atom. The first-order chi connectivity index (χ1) is 11.5. The Hall–Kier alpha value is -2.25. The summed E-state index contributed by atoms with van der Waals surface area (Å²) in [5.41, 5.74) is 11.9. The summed E-state index contributed by atoms with van der Waals surface area (Å²) in [5.74, 6) is -0.190. The molecule has 1 atom stereocenters. The number of rotatable bonds is 6. The van der Waals surface area contributed by atoms with Crippen LogP contribution in [0.1, 0.15) is 12.8 Å². The number of benzene rings is 1. The minimum absolute atomic E-state index is 0.0103. The Morgan fingerprint density at radius 3 is 2.92 bits per heavy atom. The molecule has 1 amide bonds. The summed E-state index contributed by atoms with van der Waals surface area (Å²) in [6.45, 7) is 1.33. The van der Waals surface area contributed by atoms with E-state index < -0.39 is 5.91 Å². The maximum absolute atomic E-state index is 11.7. The first-order valence-electron chi connectivity index (χ1n) is 7.53. The standard InChI is InChI=1S/C16H21ClN4O3/c1-23-14-7-10(4-5-13(14)17)21-15(18)12(16(19)22)8-20-11-3-2-6-24-9-11/h4-5,7-8,11,20H,2-3,6,9H2,1H3,(H2,18,21)(H2,19,22)/b12-8+/t11-/m1/s1. The van der Waals surface area contributed by atoms with Gasteiger partial charge in [-0.3, -0.25) is 4.79 Å². The highest BCUT2D eigenvalue weighted by atomic mass is 35.5. The van der Waals surface area contributed by atoms with Gasteiger partial charge in [0.25, 0.3) is 5.91 Å². The van der Waals surface area contributed by atoms with Crippen LogP contribution < -0.4 is 21.5 Å². The van der Waals surface area contributed by atoms with Crippen molar-refractivity contribution in [2.45, 2.75) is 18.9 Å². The first-order valence-corrected chi connectivity index (χ1v) is 7.91. The Morgan fingerprint density at radius 1 is 1.50 bits per heavy atom. The molecule has 0 unspecified atom stereocenters. The van der Waals surface area contributed by atoms with E-state index in [-0.39, 0.29) is 17.5 Å². The van der Waals surface area contributed by atoms with Crippen molar-refractivity contribution in [1.82, 2.24) is 5.32 Å². The molecule has 0 radical (unpaired) electrons. The van der Waals surface area contributed by atoms with Crippen LogP contribution in [0.4, 0.5) is 5.69 Å². The van der Waals surface area contributed by atoms with Gasteiger partial charge in [0.15, 0.2) is 0 Å². The van der Waals surface area contributed by atoms with Crippen molar-refractivity contribution in [2.24, 2.45) is 16.5 Å². The number of carbonyl (C=O) groups excluding carboxylic acids is 1. The molecule has 0 aromatic heterocycles. The zero-order chi connectivity index (χ0) is 17.5. The number of hydrogen-bond donors (Lipinski definition) is 3. The highest BCUT2D eigenvalue weighted by Crippen LogP contribution is 2.28. The lowest BCUT2D eigenvalue weighted by atomic mass is 10.1. The molecule has 0 aliphatic carbocycles. The van der Waals surface area contributed by atoms with Crippen molar-refractivity contribution in [1.29, 1.82) is 0 Å². The van der Waals surface area contributed by atoms with Crippen molar-refractivity contribution in [3.05, 3.63) is 35.0 Å². The Labute approximate surface area is 145 Å². The van der Waals surface area contributed by atoms with E-state index in [9.17, 15) is 4.79 Å². The van der Waals surface area contributed by atoms with Crippen molar-refractivity contribution in [2.75, 3.05) is 20.3 Å². The number of amides is 1. The number of halogens is 1. The second kappa shape index (κ2) is 8.56. The molecule has 0 saturated carbocycles. The molecule has 1 heterocycles. The molecule has 2 rings (SSSR count). The molecule has 1 aromatic carbocycles. The summed E-state index contributed by atoms with van der Waals surface area (Å²) < 4.78 is 10.5. The van der Waals surface area contributed by atoms with Crippen LogP contribution >= 0.6 is 11.6 Å². The molecule has 1 aliphatic rings. The van der Waals surface area contributed by atoms with Gasteiger partial charge in [0.1, 0.15) is 11.6 Å². The second-order valence-electron chi connectivity index (χ2n) is 5.32. The van der Waals surface area contributed by atoms with Gasteiger partial charge in [-0.25, -0.2) is 4.99 Å². The lowest BCUT2D eigenvalue weighted by Crippen LogP contribution is -2.36. The van der Waals surface area contributed by atoms with Crippen molar-refractivity contribution in [3.63, 3.8) is 0 Å². The van der Waals surface area contributed by atoms with E-state index >= 15 is 0 Å². The summed E-state index contributed by atoms with van der Waals surface area (Å²) >= 11 is 5.97. The van der Waals surface area contributed by atoms with Crippen LogP contribution in [-0.4, -0.2) is 38.1 Å². The largest absolute Gasteiger partial charge is 0.495 e. The van der Waals surface area contributed by atoms with E-state index in [1.807, 2.05) is 0 Å². The quantitative estimate of drug-likeness (QED) is 0.408. The molecule has 7 nitrogen and oxygen atoms in total. The number of hydrogen-bond acceptors (Lipinski definition) is 5. The number of amidine groups is 1. The Bertz CT molecular complexity index is 655. The van der Waals surface area contributed by atoms with Gasteiger partial charge in [-0.2, -0.15) is 0 Å². The zero-order valence-corrected chi connectivity index (χ0v) is 14.2. The first kappa shape index (κ1) is 18.1. The van der Waals surface area contributed by atoms with Crippen LogP contribution in [0.3, 0.4) is 0 Å². The minimum Gasteiger partial charge on any atom is -0.495 e. The molecule has 1 aliphatic heterocycles. The number of ether oxygens (including phenoxy) is 2. The second-order valence-corrected chi connectivity index (χ2v) is 5.73. The average molecular weight is 353 g/mol. The van der Waals surface area contributed by atoms with E-state index in [2.05, 4.69) is 10.3 Å². The van der Waals surface area contributed by atoms with Gasteiger partial charge in [0, 0.05) is 24.9 Å². The van der Waals surface area contributed by atoms with Crippen LogP contribution in [0.15, 0.2) is 35.0 Å². The number of methoxy groups -OCH3 is 1. The monoisotopic (exact) mass is 352 g/mol. The number of aliphatic imine (C=N–C) groups is 1. The molecule has 1 aromatic rings. The summed E-state index contributed by atoms with van der Waals surface area (Å²) in [7, 11) is 1.50. The molecular weight excluding hydrogens is 332 g/mol. The molecule has 24 heavy (non-hydrogen) atoms. The maximum atomic E-state index is 11.7. The number of nitrogens with one attached hydrogen (secondary N) is 1. The van der Waals surface area contributed by atoms with Gasteiger partial charge < -0.3 is 26.3 Å². The topological polar surface area (TPSA) is 112 Å². The van der Waals surface area contributed by atoms with Crippen LogP contribution in [0.5, 0.6) is 5.75 Å². The van der Waals surface area contributed by atoms with Gasteiger partial charge in [-0.15, -0.1) is 0 Å². The van der Waals surface area contributed by atoms with Gasteiger partial charge >= 0.3 is 0 Å². The van der Waals surface area contributed by atoms with Gasteiger partial charge in [0.05, 0.1) is 30.0 Å². The third-order valence-electron chi connectivity index (χ3n) is 3.55. The highest BCUT2D eigenvalue weighted by molar-refractivity contribution is 6.32. The zero-order valence-electron chi connectivity index (χ0n) is 13.4. The fourth-order valence-electron chi connectivity index (χ4n) is 2.26. The SMILES string of the molecule is COc1cc(N=C(N)/C(=C\N[C@@H]2CCCOC2)C(N)=O)ccc1Cl. The number of nitrogens with zero attached hydrogens (tertiary/aromatic N) is 1. The molecule has 0 spiro atoms. The van der Waals surface area contributed by atoms with Crippen molar-refractivity contribution in [3.8, 4) is 5.75 Å². The predicted molar refractivity (Wildman–Crippen MR) is 93.5 cm³/mol. The highest BCUT2D eigenvalue weighted by Gasteiger charge is 2.15. The molecule has 5 N–H and O–H groups in total. The lowest BCUT2D eigenvalue weighted by Gasteiger charge is -2.22. The van der Waals surface area contributed by atoms with E-state index in [0.717, 1.165) is 19.4 Å². The van der Waals surface area contributed by atoms with E-state index in [1.54, 1.807) is 18.2 Å². The van der Waals surface area contributed by atoms with Crippen LogP contribution in [0.2, 0.25) is 5.02 Å². The Balaban J connectivity index is 2.18. The normalized spacial score (nSPS) is 19.0. The molecule has 1 saturated heterocycles. The predicted octanol–water partition coefficient (Wildman–Crippen LogP) is 1.48. The van der Waals surface area contributed by atoms with E-state index in [1.165, 1.54) is 13.3 Å². The summed E-state index contributed by atoms with van der Waals surface area (Å²) in [6, 6.07) is 5.05. The number of carbonyl (C=O) groups is 1. The maximum Gasteiger partial charge on any atom is 0.253 e. The summed E-state index contributed by atoms with van der Waals surface area (Å²) in [6.07, 6.45) is 3.41. The fourth-order valence-corrected chi connectivity index (χ4v) is 2.46. The third-order valence-corrected chi connectivity index (χ3v) is 3.86. The number of primary amides is 1.